The van der Waals surface area contributed by atoms with Gasteiger partial charge in [0.25, 0.3) is 0 Å². The molecule has 1 N–H and O–H groups in total. The minimum Gasteiger partial charge on any atom is -0.493 e. The maximum atomic E-state index is 12.6. The molecular formula is C18H18F3NO2. The van der Waals surface area contributed by atoms with Crippen LogP contribution in [0.1, 0.15) is 23.1 Å². The first-order chi connectivity index (χ1) is 11.3. The molecule has 0 aliphatic carbocycles. The third-order valence-electron chi connectivity index (χ3n) is 3.36. The Morgan fingerprint density at radius 2 is 1.83 bits per heavy atom. The van der Waals surface area contributed by atoms with Gasteiger partial charge < -0.3 is 10.1 Å². The van der Waals surface area contributed by atoms with Crippen LogP contribution in [0.5, 0.6) is 5.75 Å². The zero-order valence-electron chi connectivity index (χ0n) is 13.2. The molecule has 3 nitrogen and oxygen atoms in total. The molecule has 1 amide bonds. The Hall–Kier alpha value is -2.50. The molecule has 0 saturated heterocycles. The van der Waals surface area contributed by atoms with Gasteiger partial charge in [0.15, 0.2) is 0 Å². The maximum absolute atomic E-state index is 12.6. The number of hydrogen-bond acceptors (Lipinski definition) is 2. The molecule has 0 radical (unpaired) electrons. The summed E-state index contributed by atoms with van der Waals surface area (Å²) in [7, 11) is 0. The minimum atomic E-state index is -4.39. The number of halogens is 3. The summed E-state index contributed by atoms with van der Waals surface area (Å²) in [5.74, 6) is 0.394. The molecule has 0 saturated carbocycles. The first-order valence-corrected chi connectivity index (χ1v) is 7.47. The smallest absolute Gasteiger partial charge is 0.416 e. The van der Waals surface area contributed by atoms with Crippen molar-refractivity contribution in [3.8, 4) is 5.75 Å². The van der Waals surface area contributed by atoms with Crippen molar-refractivity contribution in [1.82, 2.24) is 5.32 Å². The van der Waals surface area contributed by atoms with Gasteiger partial charge in [-0.1, -0.05) is 29.8 Å². The molecule has 0 bridgehead atoms. The molecule has 0 fully saturated rings. The van der Waals surface area contributed by atoms with Crippen LogP contribution in [-0.2, 0) is 17.5 Å². The van der Waals surface area contributed by atoms with Gasteiger partial charge in [-0.05, 0) is 36.8 Å². The molecule has 6 heteroatoms. The van der Waals surface area contributed by atoms with Gasteiger partial charge in [0.05, 0.1) is 18.6 Å². The summed E-state index contributed by atoms with van der Waals surface area (Å²) < 4.78 is 43.3. The Balaban J connectivity index is 1.76. The van der Waals surface area contributed by atoms with E-state index in [4.69, 9.17) is 4.74 Å². The highest BCUT2D eigenvalue weighted by Crippen LogP contribution is 2.29. The molecule has 0 spiro atoms. The fourth-order valence-electron chi connectivity index (χ4n) is 2.04. The van der Waals surface area contributed by atoms with Crippen molar-refractivity contribution in [2.45, 2.75) is 26.1 Å². The van der Waals surface area contributed by atoms with Gasteiger partial charge in [0.1, 0.15) is 5.75 Å². The second-order valence-electron chi connectivity index (χ2n) is 5.39. The average Bonchev–Trinajstić information content (AvgIpc) is 2.54. The van der Waals surface area contributed by atoms with E-state index >= 15 is 0 Å². The number of aryl methyl sites for hydroxylation is 1. The molecule has 128 valence electrons. The van der Waals surface area contributed by atoms with Crippen molar-refractivity contribution in [3.05, 3.63) is 65.2 Å². The standard InChI is InChI=1S/C18H18F3NO2/c1-13-5-7-16(8-6-13)24-10-9-17(23)22-12-14-3-2-4-15(11-14)18(19,20)21/h2-8,11H,9-10,12H2,1H3,(H,22,23). The topological polar surface area (TPSA) is 38.3 Å². The lowest BCUT2D eigenvalue weighted by molar-refractivity contribution is -0.137. The van der Waals surface area contributed by atoms with Crippen LogP contribution in [0.4, 0.5) is 13.2 Å². The van der Waals surface area contributed by atoms with E-state index in [1.807, 2.05) is 31.2 Å². The van der Waals surface area contributed by atoms with Gasteiger partial charge in [0, 0.05) is 6.54 Å². The maximum Gasteiger partial charge on any atom is 0.416 e. The highest BCUT2D eigenvalue weighted by atomic mass is 19.4. The minimum absolute atomic E-state index is 0.0489. The number of benzene rings is 2. The zero-order valence-corrected chi connectivity index (χ0v) is 13.2. The van der Waals surface area contributed by atoms with E-state index in [1.54, 1.807) is 6.07 Å². The number of rotatable bonds is 6. The molecular weight excluding hydrogens is 319 g/mol. The van der Waals surface area contributed by atoms with E-state index in [0.717, 1.165) is 17.7 Å². The van der Waals surface area contributed by atoms with Gasteiger partial charge in [-0.2, -0.15) is 13.2 Å². The van der Waals surface area contributed by atoms with E-state index in [9.17, 15) is 18.0 Å². The number of carbonyl (C=O) groups excluding carboxylic acids is 1. The molecule has 0 aromatic heterocycles. The summed E-state index contributed by atoms with van der Waals surface area (Å²) in [5, 5.41) is 2.59. The van der Waals surface area contributed by atoms with E-state index < -0.39 is 11.7 Å². The zero-order chi connectivity index (χ0) is 17.6. The van der Waals surface area contributed by atoms with Crippen LogP contribution < -0.4 is 10.1 Å². The Kier molecular flexibility index (Phi) is 5.84. The van der Waals surface area contributed by atoms with E-state index in [1.165, 1.54) is 6.07 Å². The van der Waals surface area contributed by atoms with E-state index in [2.05, 4.69) is 5.32 Å². The monoisotopic (exact) mass is 337 g/mol. The Morgan fingerprint density at radius 1 is 1.12 bits per heavy atom. The van der Waals surface area contributed by atoms with Crippen molar-refractivity contribution >= 4 is 5.91 Å². The average molecular weight is 337 g/mol. The molecule has 2 rings (SSSR count). The quantitative estimate of drug-likeness (QED) is 0.862. The summed E-state index contributed by atoms with van der Waals surface area (Å²) in [6.45, 7) is 2.22. The summed E-state index contributed by atoms with van der Waals surface area (Å²) in [5.41, 5.74) is 0.788. The number of amides is 1. The first kappa shape index (κ1) is 17.8. The Labute approximate surface area is 138 Å². The largest absolute Gasteiger partial charge is 0.493 e. The van der Waals surface area contributed by atoms with Gasteiger partial charge >= 0.3 is 6.18 Å². The molecule has 2 aromatic rings. The summed E-state index contributed by atoms with van der Waals surface area (Å²) in [4.78, 5) is 11.7. The van der Waals surface area contributed by atoms with Crippen molar-refractivity contribution in [2.24, 2.45) is 0 Å². The molecule has 0 unspecified atom stereocenters. The number of ether oxygens (including phenoxy) is 1. The second kappa shape index (κ2) is 7.86. The van der Waals surface area contributed by atoms with Crippen LogP contribution in [0, 0.1) is 6.92 Å². The molecule has 0 aliphatic heterocycles. The van der Waals surface area contributed by atoms with Crippen LogP contribution in [0.2, 0.25) is 0 Å². The number of carbonyl (C=O) groups is 1. The summed E-state index contributed by atoms with van der Waals surface area (Å²) in [6, 6.07) is 12.3. The normalized spacial score (nSPS) is 11.2. The van der Waals surface area contributed by atoms with Gasteiger partial charge in [-0.15, -0.1) is 0 Å². The van der Waals surface area contributed by atoms with Crippen molar-refractivity contribution in [1.29, 1.82) is 0 Å². The molecule has 2 aromatic carbocycles. The van der Waals surface area contributed by atoms with Gasteiger partial charge in [-0.3, -0.25) is 4.79 Å². The molecule has 0 atom stereocenters. The Bertz CT molecular complexity index is 681. The third-order valence-corrected chi connectivity index (χ3v) is 3.36. The van der Waals surface area contributed by atoms with Crippen molar-refractivity contribution < 1.29 is 22.7 Å². The highest BCUT2D eigenvalue weighted by Gasteiger charge is 2.30. The second-order valence-corrected chi connectivity index (χ2v) is 5.39. The lowest BCUT2D eigenvalue weighted by Gasteiger charge is -2.10. The van der Waals surface area contributed by atoms with Gasteiger partial charge in [0.2, 0.25) is 5.91 Å². The molecule has 24 heavy (non-hydrogen) atoms. The van der Waals surface area contributed by atoms with Gasteiger partial charge in [-0.25, -0.2) is 0 Å². The number of hydrogen-bond donors (Lipinski definition) is 1. The first-order valence-electron chi connectivity index (χ1n) is 7.47. The summed E-state index contributed by atoms with van der Waals surface area (Å²) >= 11 is 0. The van der Waals surface area contributed by atoms with E-state index in [-0.39, 0.29) is 25.5 Å². The van der Waals surface area contributed by atoms with Crippen LogP contribution in [-0.4, -0.2) is 12.5 Å². The number of alkyl halides is 3. The highest BCUT2D eigenvalue weighted by molar-refractivity contribution is 5.76. The number of nitrogens with one attached hydrogen (secondary N) is 1. The predicted octanol–water partition coefficient (Wildman–Crippen LogP) is 4.10. The lowest BCUT2D eigenvalue weighted by Crippen LogP contribution is -2.24. The predicted molar refractivity (Wildman–Crippen MR) is 84.6 cm³/mol. The van der Waals surface area contributed by atoms with Crippen molar-refractivity contribution in [2.75, 3.05) is 6.61 Å². The SMILES string of the molecule is Cc1ccc(OCCC(=O)NCc2cccc(C(F)(F)F)c2)cc1. The van der Waals surface area contributed by atoms with Crippen LogP contribution in [0.3, 0.4) is 0 Å². The summed E-state index contributed by atoms with van der Waals surface area (Å²) in [6.07, 6.45) is -4.26. The fourth-order valence-corrected chi connectivity index (χ4v) is 2.04. The van der Waals surface area contributed by atoms with E-state index in [0.29, 0.717) is 11.3 Å². The van der Waals surface area contributed by atoms with Crippen LogP contribution >= 0.6 is 0 Å². The third kappa shape index (κ3) is 5.61. The Morgan fingerprint density at radius 3 is 2.50 bits per heavy atom. The molecule has 0 heterocycles. The van der Waals surface area contributed by atoms with Crippen LogP contribution in [0.25, 0.3) is 0 Å². The lowest BCUT2D eigenvalue weighted by atomic mass is 10.1. The van der Waals surface area contributed by atoms with Crippen molar-refractivity contribution in [3.63, 3.8) is 0 Å². The molecule has 0 aliphatic rings. The van der Waals surface area contributed by atoms with Crippen LogP contribution in [0.15, 0.2) is 48.5 Å². The fraction of sp³-hybridized carbons (Fsp3) is 0.278.